The first kappa shape index (κ1) is 16.2. The van der Waals surface area contributed by atoms with Crippen molar-refractivity contribution in [2.75, 3.05) is 18.0 Å². The van der Waals surface area contributed by atoms with Crippen molar-refractivity contribution in [3.8, 4) is 0 Å². The Morgan fingerprint density at radius 3 is 2.35 bits per heavy atom. The molecule has 1 unspecified atom stereocenters. The van der Waals surface area contributed by atoms with Crippen molar-refractivity contribution in [2.24, 2.45) is 11.7 Å². The molecule has 0 heterocycles. The van der Waals surface area contributed by atoms with E-state index < -0.39 is 5.97 Å². The summed E-state index contributed by atoms with van der Waals surface area (Å²) in [6, 6.07) is 7.24. The maximum atomic E-state index is 12.3. The molecule has 1 amide bonds. The molecule has 0 aromatic heterocycles. The van der Waals surface area contributed by atoms with Gasteiger partial charge in [0, 0.05) is 12.1 Å². The highest BCUT2D eigenvalue weighted by atomic mass is 16.4. The largest absolute Gasteiger partial charge is 0.480 e. The van der Waals surface area contributed by atoms with Crippen LogP contribution in [0.5, 0.6) is 0 Å². The zero-order valence-electron chi connectivity index (χ0n) is 12.0. The van der Waals surface area contributed by atoms with Crippen molar-refractivity contribution < 1.29 is 14.7 Å². The highest BCUT2D eigenvalue weighted by molar-refractivity contribution is 5.97. The number of amides is 1. The van der Waals surface area contributed by atoms with Gasteiger partial charge >= 0.3 is 5.97 Å². The van der Waals surface area contributed by atoms with Gasteiger partial charge in [-0.05, 0) is 31.5 Å². The smallest absolute Gasteiger partial charge is 0.323 e. The minimum atomic E-state index is -1.03. The number of carbonyl (C=O) groups is 2. The predicted octanol–water partition coefficient (Wildman–Crippen LogP) is 1.79. The molecule has 0 aliphatic carbocycles. The van der Waals surface area contributed by atoms with E-state index in [1.807, 2.05) is 26.0 Å². The van der Waals surface area contributed by atoms with Gasteiger partial charge in [-0.25, -0.2) is 0 Å². The third kappa shape index (κ3) is 4.66. The van der Waals surface area contributed by atoms with Gasteiger partial charge in [0.15, 0.2) is 0 Å². The third-order valence-electron chi connectivity index (χ3n) is 3.31. The molecule has 0 saturated heterocycles. The lowest BCUT2D eigenvalue weighted by Crippen LogP contribution is -2.37. The first-order valence-corrected chi connectivity index (χ1v) is 6.76. The number of benzene rings is 1. The van der Waals surface area contributed by atoms with Gasteiger partial charge in [-0.3, -0.25) is 9.59 Å². The molecule has 0 radical (unpaired) electrons. The van der Waals surface area contributed by atoms with Gasteiger partial charge in [-0.15, -0.1) is 0 Å². The number of hydrogen-bond donors (Lipinski definition) is 2. The Balaban J connectivity index is 2.91. The number of aryl methyl sites for hydroxylation is 1. The molecule has 0 bridgehead atoms. The summed E-state index contributed by atoms with van der Waals surface area (Å²) in [4.78, 5) is 24.6. The van der Waals surface area contributed by atoms with Crippen LogP contribution < -0.4 is 10.6 Å². The van der Waals surface area contributed by atoms with Gasteiger partial charge in [-0.1, -0.05) is 31.0 Å². The number of nitrogens with two attached hydrogens (primary N) is 1. The fourth-order valence-corrected chi connectivity index (χ4v) is 1.93. The van der Waals surface area contributed by atoms with Crippen LogP contribution in [0.15, 0.2) is 24.3 Å². The van der Waals surface area contributed by atoms with E-state index in [-0.39, 0.29) is 24.8 Å². The summed E-state index contributed by atoms with van der Waals surface area (Å²) in [5.74, 6) is -1.14. The van der Waals surface area contributed by atoms with E-state index in [0.717, 1.165) is 12.0 Å². The molecular weight excluding hydrogens is 256 g/mol. The summed E-state index contributed by atoms with van der Waals surface area (Å²) in [7, 11) is 0. The summed E-state index contributed by atoms with van der Waals surface area (Å²) in [6.07, 6.45) is 1.07. The van der Waals surface area contributed by atoms with Crippen LogP contribution in [-0.4, -0.2) is 30.1 Å². The predicted molar refractivity (Wildman–Crippen MR) is 78.6 cm³/mol. The van der Waals surface area contributed by atoms with Crippen molar-refractivity contribution in [3.63, 3.8) is 0 Å². The maximum absolute atomic E-state index is 12.3. The number of hydrogen-bond acceptors (Lipinski definition) is 3. The molecule has 1 aromatic rings. The average Bonchev–Trinajstić information content (AvgIpc) is 2.42. The standard InChI is InChI=1S/C15H22N2O3/c1-3-12(9-16)8-14(18)17(10-15(19)20)13-6-4-11(2)5-7-13/h4-7,12H,3,8-10,16H2,1-2H3,(H,19,20). The zero-order valence-corrected chi connectivity index (χ0v) is 12.0. The van der Waals surface area contributed by atoms with Crippen molar-refractivity contribution in [1.82, 2.24) is 0 Å². The molecule has 1 atom stereocenters. The van der Waals surface area contributed by atoms with Gasteiger partial charge in [0.1, 0.15) is 6.54 Å². The Bertz CT molecular complexity index is 453. The lowest BCUT2D eigenvalue weighted by atomic mass is 10.0. The van der Waals surface area contributed by atoms with Crippen LogP contribution in [0.3, 0.4) is 0 Å². The molecule has 1 rings (SSSR count). The first-order chi connectivity index (χ1) is 9.47. The van der Waals surface area contributed by atoms with Crippen molar-refractivity contribution in [3.05, 3.63) is 29.8 Å². The van der Waals surface area contributed by atoms with E-state index in [1.165, 1.54) is 4.90 Å². The number of rotatable bonds is 7. The SMILES string of the molecule is CCC(CN)CC(=O)N(CC(=O)O)c1ccc(C)cc1. The summed E-state index contributed by atoms with van der Waals surface area (Å²) < 4.78 is 0. The van der Waals surface area contributed by atoms with Gasteiger partial charge in [-0.2, -0.15) is 0 Å². The molecule has 5 nitrogen and oxygen atoms in total. The molecule has 1 aromatic carbocycles. The van der Waals surface area contributed by atoms with Crippen molar-refractivity contribution >= 4 is 17.6 Å². The minimum absolute atomic E-state index is 0.0873. The third-order valence-corrected chi connectivity index (χ3v) is 3.31. The zero-order chi connectivity index (χ0) is 15.1. The summed E-state index contributed by atoms with van der Waals surface area (Å²) in [6.45, 7) is 4.01. The topological polar surface area (TPSA) is 83.6 Å². The fraction of sp³-hybridized carbons (Fsp3) is 0.467. The van der Waals surface area contributed by atoms with Gasteiger partial charge < -0.3 is 15.7 Å². The normalized spacial score (nSPS) is 11.9. The first-order valence-electron chi connectivity index (χ1n) is 6.76. The van der Waals surface area contributed by atoms with E-state index in [1.54, 1.807) is 12.1 Å². The molecule has 3 N–H and O–H groups in total. The molecule has 0 aliphatic rings. The summed E-state index contributed by atoms with van der Waals surface area (Å²) in [5, 5.41) is 8.98. The number of carboxylic acids is 1. The maximum Gasteiger partial charge on any atom is 0.323 e. The Kier molecular flexibility index (Phi) is 6.18. The molecule has 0 fully saturated rings. The Morgan fingerprint density at radius 1 is 1.30 bits per heavy atom. The van der Waals surface area contributed by atoms with Gasteiger partial charge in [0.05, 0.1) is 0 Å². The van der Waals surface area contributed by atoms with Gasteiger partial charge in [0.25, 0.3) is 0 Å². The number of aliphatic carboxylic acids is 1. The average molecular weight is 278 g/mol. The van der Waals surface area contributed by atoms with Crippen LogP contribution in [0.1, 0.15) is 25.3 Å². The van der Waals surface area contributed by atoms with E-state index in [2.05, 4.69) is 0 Å². The van der Waals surface area contributed by atoms with Crippen LogP contribution in [-0.2, 0) is 9.59 Å². The van der Waals surface area contributed by atoms with E-state index in [4.69, 9.17) is 10.8 Å². The quantitative estimate of drug-likeness (QED) is 0.796. The number of carbonyl (C=O) groups excluding carboxylic acids is 1. The summed E-state index contributed by atoms with van der Waals surface area (Å²) in [5.41, 5.74) is 7.27. The van der Waals surface area contributed by atoms with E-state index in [0.29, 0.717) is 12.2 Å². The van der Waals surface area contributed by atoms with Crippen LogP contribution >= 0.6 is 0 Å². The highest BCUT2D eigenvalue weighted by Gasteiger charge is 2.21. The van der Waals surface area contributed by atoms with Crippen LogP contribution in [0.4, 0.5) is 5.69 Å². The monoisotopic (exact) mass is 278 g/mol. The van der Waals surface area contributed by atoms with Crippen LogP contribution in [0.2, 0.25) is 0 Å². The molecular formula is C15H22N2O3. The van der Waals surface area contributed by atoms with E-state index >= 15 is 0 Å². The molecule has 110 valence electrons. The Hall–Kier alpha value is -1.88. The molecule has 20 heavy (non-hydrogen) atoms. The highest BCUT2D eigenvalue weighted by Crippen LogP contribution is 2.18. The molecule has 5 heteroatoms. The second-order valence-electron chi connectivity index (χ2n) is 4.92. The lowest BCUT2D eigenvalue weighted by molar-refractivity contribution is -0.136. The number of anilines is 1. The number of carboxylic acid groups (broad SMARTS) is 1. The number of nitrogens with zero attached hydrogens (tertiary/aromatic N) is 1. The molecule has 0 aliphatic heterocycles. The second kappa shape index (κ2) is 7.65. The van der Waals surface area contributed by atoms with Crippen molar-refractivity contribution in [2.45, 2.75) is 26.7 Å². The Labute approximate surface area is 119 Å². The van der Waals surface area contributed by atoms with Crippen LogP contribution in [0.25, 0.3) is 0 Å². The van der Waals surface area contributed by atoms with E-state index in [9.17, 15) is 9.59 Å². The van der Waals surface area contributed by atoms with Gasteiger partial charge in [0.2, 0.25) is 5.91 Å². The second-order valence-corrected chi connectivity index (χ2v) is 4.92. The fourth-order valence-electron chi connectivity index (χ4n) is 1.93. The van der Waals surface area contributed by atoms with Crippen LogP contribution in [0, 0.1) is 12.8 Å². The van der Waals surface area contributed by atoms with Crippen molar-refractivity contribution in [1.29, 1.82) is 0 Å². The lowest BCUT2D eigenvalue weighted by Gasteiger charge is -2.23. The molecule has 0 spiro atoms. The summed E-state index contributed by atoms with van der Waals surface area (Å²) >= 11 is 0. The Morgan fingerprint density at radius 2 is 1.90 bits per heavy atom. The minimum Gasteiger partial charge on any atom is -0.480 e. The molecule has 0 saturated carbocycles.